The first-order valence-electron chi connectivity index (χ1n) is 6.27. The van der Waals surface area contributed by atoms with Gasteiger partial charge in [-0.1, -0.05) is 24.0 Å². The number of halogens is 1. The largest absolute Gasteiger partial charge is 0.384 e. The molecule has 0 spiro atoms. The minimum absolute atomic E-state index is 0.286. The molecule has 0 aliphatic heterocycles. The van der Waals surface area contributed by atoms with Crippen molar-refractivity contribution in [3.8, 4) is 11.8 Å². The minimum Gasteiger partial charge on any atom is -0.384 e. The maximum absolute atomic E-state index is 12.8. The molecule has 1 amide bonds. The Labute approximate surface area is 121 Å². The molecule has 0 aliphatic rings. The zero-order valence-corrected chi connectivity index (χ0v) is 11.1. The van der Waals surface area contributed by atoms with Gasteiger partial charge in [-0.05, 0) is 23.8 Å². The Kier molecular flexibility index (Phi) is 5.02. The number of rotatable bonds is 3. The van der Waals surface area contributed by atoms with Crippen LogP contribution in [0.4, 0.5) is 4.39 Å². The molecule has 0 saturated carbocycles. The molecular weight excluding hydrogens is 271 g/mol. The number of carbonyl (C=O) groups is 1. The molecular formula is C16H13FN2O2. The molecule has 106 valence electrons. The second-order valence-corrected chi connectivity index (χ2v) is 4.19. The molecule has 21 heavy (non-hydrogen) atoms. The fourth-order valence-electron chi connectivity index (χ4n) is 1.71. The number of pyridine rings is 1. The number of aliphatic hydroxyl groups excluding tert-OH is 1. The maximum Gasteiger partial charge on any atom is 0.252 e. The molecule has 0 bridgehead atoms. The quantitative estimate of drug-likeness (QED) is 0.840. The summed E-state index contributed by atoms with van der Waals surface area (Å²) in [6.07, 6.45) is 2.96. The summed E-state index contributed by atoms with van der Waals surface area (Å²) in [4.78, 5) is 16.0. The lowest BCUT2D eigenvalue weighted by molar-refractivity contribution is 0.0950. The molecule has 0 saturated heterocycles. The third-order valence-corrected chi connectivity index (χ3v) is 2.73. The first-order valence-corrected chi connectivity index (χ1v) is 6.27. The van der Waals surface area contributed by atoms with E-state index >= 15 is 0 Å². The van der Waals surface area contributed by atoms with E-state index in [0.29, 0.717) is 11.1 Å². The summed E-state index contributed by atoms with van der Waals surface area (Å²) in [7, 11) is 0. The van der Waals surface area contributed by atoms with Crippen molar-refractivity contribution >= 4 is 5.91 Å². The van der Waals surface area contributed by atoms with Gasteiger partial charge in [0.2, 0.25) is 0 Å². The highest BCUT2D eigenvalue weighted by Gasteiger charge is 2.09. The molecule has 2 aromatic rings. The molecule has 2 N–H and O–H groups in total. The summed E-state index contributed by atoms with van der Waals surface area (Å²) in [6, 6.07) is 7.45. The third-order valence-electron chi connectivity index (χ3n) is 2.73. The molecule has 1 aromatic carbocycles. The van der Waals surface area contributed by atoms with E-state index in [2.05, 4.69) is 22.1 Å². The van der Waals surface area contributed by atoms with E-state index in [-0.39, 0.29) is 24.9 Å². The zero-order valence-electron chi connectivity index (χ0n) is 11.1. The van der Waals surface area contributed by atoms with Crippen molar-refractivity contribution < 1.29 is 14.3 Å². The third kappa shape index (κ3) is 4.13. The first kappa shape index (κ1) is 14.7. The Balaban J connectivity index is 2.08. The molecule has 0 unspecified atom stereocenters. The van der Waals surface area contributed by atoms with E-state index in [4.69, 9.17) is 5.11 Å². The molecule has 5 heteroatoms. The smallest absolute Gasteiger partial charge is 0.252 e. The van der Waals surface area contributed by atoms with Crippen LogP contribution in [0, 0.1) is 17.7 Å². The number of carbonyl (C=O) groups excluding carboxylic acids is 1. The lowest BCUT2D eigenvalue weighted by atomic mass is 10.1. The Hall–Kier alpha value is -2.71. The first-order chi connectivity index (χ1) is 10.2. The predicted molar refractivity (Wildman–Crippen MR) is 75.8 cm³/mol. The maximum atomic E-state index is 12.8. The number of hydrogen-bond donors (Lipinski definition) is 2. The van der Waals surface area contributed by atoms with E-state index in [1.807, 2.05) is 0 Å². The number of amides is 1. The van der Waals surface area contributed by atoms with E-state index in [9.17, 15) is 9.18 Å². The van der Waals surface area contributed by atoms with Crippen LogP contribution in [-0.4, -0.2) is 22.6 Å². The average molecular weight is 284 g/mol. The van der Waals surface area contributed by atoms with Crippen molar-refractivity contribution in [2.24, 2.45) is 0 Å². The van der Waals surface area contributed by atoms with Gasteiger partial charge >= 0.3 is 0 Å². The summed E-state index contributed by atoms with van der Waals surface area (Å²) in [5.74, 6) is 4.54. The highest BCUT2D eigenvalue weighted by atomic mass is 19.1. The van der Waals surface area contributed by atoms with Gasteiger partial charge in [-0.2, -0.15) is 0 Å². The van der Waals surface area contributed by atoms with Crippen molar-refractivity contribution in [1.29, 1.82) is 0 Å². The van der Waals surface area contributed by atoms with Crippen LogP contribution >= 0.6 is 0 Å². The van der Waals surface area contributed by atoms with Crippen molar-refractivity contribution in [1.82, 2.24) is 10.3 Å². The summed E-state index contributed by atoms with van der Waals surface area (Å²) in [6.45, 7) is -0.000161. The van der Waals surface area contributed by atoms with Crippen molar-refractivity contribution in [2.45, 2.75) is 6.54 Å². The standard InChI is InChI=1S/C16H13FN2O2/c17-14-5-3-12(4-6-14)10-19-16(21)15-7-8-18-11-13(15)2-1-9-20/h3-8,11,20H,9-10H2,(H,19,21). The fraction of sp³-hybridized carbons (Fsp3) is 0.125. The summed E-state index contributed by atoms with van der Waals surface area (Å²) in [5, 5.41) is 11.4. The van der Waals surface area contributed by atoms with Gasteiger partial charge in [-0.25, -0.2) is 4.39 Å². The normalized spacial score (nSPS) is 9.62. The number of hydrogen-bond acceptors (Lipinski definition) is 3. The molecule has 0 atom stereocenters. The monoisotopic (exact) mass is 284 g/mol. The van der Waals surface area contributed by atoms with E-state index in [1.54, 1.807) is 18.2 Å². The van der Waals surface area contributed by atoms with Gasteiger partial charge < -0.3 is 10.4 Å². The van der Waals surface area contributed by atoms with Gasteiger partial charge in [-0.3, -0.25) is 9.78 Å². The predicted octanol–water partition coefficient (Wildman–Crippen LogP) is 1.49. The minimum atomic E-state index is -0.319. The van der Waals surface area contributed by atoms with Gasteiger partial charge in [0, 0.05) is 18.9 Å². The average Bonchev–Trinajstić information content (AvgIpc) is 2.52. The van der Waals surface area contributed by atoms with E-state index < -0.39 is 0 Å². The molecule has 0 radical (unpaired) electrons. The van der Waals surface area contributed by atoms with Gasteiger partial charge in [-0.15, -0.1) is 0 Å². The van der Waals surface area contributed by atoms with Gasteiger partial charge in [0.25, 0.3) is 5.91 Å². The van der Waals surface area contributed by atoms with E-state index in [1.165, 1.54) is 24.5 Å². The Morgan fingerprint density at radius 2 is 2.05 bits per heavy atom. The zero-order chi connectivity index (χ0) is 15.1. The van der Waals surface area contributed by atoms with Gasteiger partial charge in [0.05, 0.1) is 11.1 Å². The number of nitrogens with zero attached hydrogens (tertiary/aromatic N) is 1. The molecule has 1 heterocycles. The van der Waals surface area contributed by atoms with Crippen LogP contribution in [-0.2, 0) is 6.54 Å². The van der Waals surface area contributed by atoms with Crippen molar-refractivity contribution in [3.05, 3.63) is 65.2 Å². The van der Waals surface area contributed by atoms with Crippen LogP contribution in [0.3, 0.4) is 0 Å². The van der Waals surface area contributed by atoms with Crippen LogP contribution in [0.25, 0.3) is 0 Å². The lowest BCUT2D eigenvalue weighted by Gasteiger charge is -2.07. The number of aromatic nitrogens is 1. The van der Waals surface area contributed by atoms with Crippen LogP contribution in [0.15, 0.2) is 42.7 Å². The Bertz CT molecular complexity index is 687. The number of aliphatic hydroxyl groups is 1. The Morgan fingerprint density at radius 1 is 1.29 bits per heavy atom. The van der Waals surface area contributed by atoms with Crippen LogP contribution in [0.1, 0.15) is 21.5 Å². The fourth-order valence-corrected chi connectivity index (χ4v) is 1.71. The second kappa shape index (κ2) is 7.17. The molecule has 4 nitrogen and oxygen atoms in total. The van der Waals surface area contributed by atoms with Crippen LogP contribution in [0.5, 0.6) is 0 Å². The van der Waals surface area contributed by atoms with Gasteiger partial charge in [0.1, 0.15) is 12.4 Å². The van der Waals surface area contributed by atoms with E-state index in [0.717, 1.165) is 5.56 Å². The summed E-state index contributed by atoms with van der Waals surface area (Å²) in [5.41, 5.74) is 1.62. The summed E-state index contributed by atoms with van der Waals surface area (Å²) < 4.78 is 12.8. The number of benzene rings is 1. The molecule has 0 fully saturated rings. The molecule has 2 rings (SSSR count). The Morgan fingerprint density at radius 3 is 2.76 bits per heavy atom. The number of nitrogens with one attached hydrogen (secondary N) is 1. The van der Waals surface area contributed by atoms with Gasteiger partial charge in [0.15, 0.2) is 0 Å². The highest BCUT2D eigenvalue weighted by molar-refractivity contribution is 5.96. The second-order valence-electron chi connectivity index (χ2n) is 4.19. The lowest BCUT2D eigenvalue weighted by Crippen LogP contribution is -2.23. The van der Waals surface area contributed by atoms with Crippen LogP contribution in [0.2, 0.25) is 0 Å². The van der Waals surface area contributed by atoms with Crippen LogP contribution < -0.4 is 5.32 Å². The van der Waals surface area contributed by atoms with Crippen molar-refractivity contribution in [2.75, 3.05) is 6.61 Å². The topological polar surface area (TPSA) is 62.2 Å². The molecule has 1 aromatic heterocycles. The SMILES string of the molecule is O=C(NCc1ccc(F)cc1)c1ccncc1C#CCO. The van der Waals surface area contributed by atoms with Crippen molar-refractivity contribution in [3.63, 3.8) is 0 Å². The molecule has 0 aliphatic carbocycles. The highest BCUT2D eigenvalue weighted by Crippen LogP contribution is 2.07. The summed E-state index contributed by atoms with van der Waals surface area (Å²) >= 11 is 0.